The summed E-state index contributed by atoms with van der Waals surface area (Å²) in [5.74, 6) is 0. The fourth-order valence-corrected chi connectivity index (χ4v) is 2.41. The monoisotopic (exact) mass is 241 g/mol. The van der Waals surface area contributed by atoms with Gasteiger partial charge in [-0.2, -0.15) is 0 Å². The molecular formula is C13H11N3O2. The highest BCUT2D eigenvalue weighted by atomic mass is 16.6. The predicted octanol–water partition coefficient (Wildman–Crippen LogP) is 2.61. The van der Waals surface area contributed by atoms with Crippen LogP contribution in [0.1, 0.15) is 5.56 Å². The highest BCUT2D eigenvalue weighted by Crippen LogP contribution is 2.42. The van der Waals surface area contributed by atoms with Gasteiger partial charge in [-0.1, -0.05) is 18.2 Å². The summed E-state index contributed by atoms with van der Waals surface area (Å²) in [6, 6.07) is 9.00. The van der Waals surface area contributed by atoms with E-state index >= 15 is 0 Å². The second-order valence-corrected chi connectivity index (χ2v) is 4.30. The lowest BCUT2D eigenvalue weighted by Gasteiger charge is -2.28. The van der Waals surface area contributed by atoms with Crippen LogP contribution in [0, 0.1) is 10.1 Å². The summed E-state index contributed by atoms with van der Waals surface area (Å²) in [5, 5.41) is 11.1. The molecule has 0 atom stereocenters. The number of aromatic nitrogens is 1. The summed E-state index contributed by atoms with van der Waals surface area (Å²) in [4.78, 5) is 17.0. The largest absolute Gasteiger partial charge is 0.364 e. The van der Waals surface area contributed by atoms with Gasteiger partial charge < -0.3 is 4.90 Å². The van der Waals surface area contributed by atoms with Gasteiger partial charge in [0, 0.05) is 31.4 Å². The van der Waals surface area contributed by atoms with Gasteiger partial charge in [0.15, 0.2) is 0 Å². The third kappa shape index (κ3) is 1.44. The first kappa shape index (κ1) is 10.7. The molecule has 0 spiro atoms. The number of hydrogen-bond acceptors (Lipinski definition) is 4. The number of nitrogens with zero attached hydrogens (tertiary/aromatic N) is 3. The number of hydrogen-bond donors (Lipinski definition) is 0. The second-order valence-electron chi connectivity index (χ2n) is 4.30. The molecule has 0 bridgehead atoms. The molecule has 0 N–H and O–H groups in total. The fraction of sp³-hybridized carbons (Fsp3) is 0.154. The molecule has 0 saturated carbocycles. The maximum atomic E-state index is 11.1. The van der Waals surface area contributed by atoms with E-state index in [2.05, 4.69) is 4.98 Å². The molecule has 0 saturated heterocycles. The van der Waals surface area contributed by atoms with Crippen LogP contribution in [0.15, 0.2) is 36.5 Å². The minimum absolute atomic E-state index is 0.131. The quantitative estimate of drug-likeness (QED) is 0.568. The lowest BCUT2D eigenvalue weighted by atomic mass is 9.98. The van der Waals surface area contributed by atoms with Crippen LogP contribution in [0.2, 0.25) is 0 Å². The number of benzene rings is 1. The summed E-state index contributed by atoms with van der Waals surface area (Å²) in [7, 11) is 1.86. The molecule has 0 aliphatic carbocycles. The topological polar surface area (TPSA) is 59.3 Å². The lowest BCUT2D eigenvalue weighted by Crippen LogP contribution is -2.23. The molecule has 2 heterocycles. The molecule has 5 nitrogen and oxygen atoms in total. The Bertz CT molecular complexity index is 640. The molecule has 0 unspecified atom stereocenters. The Balaban J connectivity index is 2.32. The maximum Gasteiger partial charge on any atom is 0.293 e. The van der Waals surface area contributed by atoms with Crippen molar-refractivity contribution >= 4 is 11.4 Å². The normalized spacial score (nSPS) is 12.8. The first-order chi connectivity index (χ1) is 8.68. The van der Waals surface area contributed by atoms with Crippen molar-refractivity contribution in [3.63, 3.8) is 0 Å². The van der Waals surface area contributed by atoms with Gasteiger partial charge in [-0.3, -0.25) is 15.1 Å². The summed E-state index contributed by atoms with van der Waals surface area (Å²) >= 11 is 0. The molecule has 18 heavy (non-hydrogen) atoms. The zero-order chi connectivity index (χ0) is 12.7. The third-order valence-electron chi connectivity index (χ3n) is 3.15. The van der Waals surface area contributed by atoms with Crippen molar-refractivity contribution < 1.29 is 4.92 Å². The average Bonchev–Trinajstić information content (AvgIpc) is 2.38. The number of nitro groups is 1. The van der Waals surface area contributed by atoms with Crippen LogP contribution in [-0.4, -0.2) is 17.0 Å². The minimum Gasteiger partial charge on any atom is -0.364 e. The molecule has 1 aliphatic rings. The van der Waals surface area contributed by atoms with Gasteiger partial charge in [0.2, 0.25) is 0 Å². The van der Waals surface area contributed by atoms with Crippen molar-refractivity contribution in [3.05, 3.63) is 52.2 Å². The summed E-state index contributed by atoms with van der Waals surface area (Å²) in [5.41, 5.74) is 3.54. The first-order valence-electron chi connectivity index (χ1n) is 5.61. The Morgan fingerprint density at radius 3 is 2.94 bits per heavy atom. The highest BCUT2D eigenvalue weighted by Gasteiger charge is 2.27. The molecule has 0 radical (unpaired) electrons. The van der Waals surface area contributed by atoms with Gasteiger partial charge in [-0.15, -0.1) is 0 Å². The molecule has 0 fully saturated rings. The van der Waals surface area contributed by atoms with E-state index in [0.717, 1.165) is 16.8 Å². The van der Waals surface area contributed by atoms with Crippen LogP contribution in [-0.2, 0) is 6.54 Å². The van der Waals surface area contributed by atoms with Gasteiger partial charge in [0.1, 0.15) is 5.69 Å². The van der Waals surface area contributed by atoms with Crippen molar-refractivity contribution in [2.45, 2.75) is 6.54 Å². The SMILES string of the molecule is CN1Cc2cccnc2-c2cccc([N+](=O)[O-])c21. The van der Waals surface area contributed by atoms with E-state index < -0.39 is 0 Å². The Morgan fingerprint density at radius 2 is 2.17 bits per heavy atom. The lowest BCUT2D eigenvalue weighted by molar-refractivity contribution is -0.384. The zero-order valence-electron chi connectivity index (χ0n) is 9.83. The van der Waals surface area contributed by atoms with Gasteiger partial charge in [-0.05, 0) is 11.6 Å². The smallest absolute Gasteiger partial charge is 0.293 e. The van der Waals surface area contributed by atoms with Crippen LogP contribution in [0.3, 0.4) is 0 Å². The first-order valence-corrected chi connectivity index (χ1v) is 5.61. The van der Waals surface area contributed by atoms with Crippen LogP contribution in [0.5, 0.6) is 0 Å². The third-order valence-corrected chi connectivity index (χ3v) is 3.15. The Labute approximate surface area is 104 Å². The van der Waals surface area contributed by atoms with Gasteiger partial charge >= 0.3 is 0 Å². The number of para-hydroxylation sites is 1. The van der Waals surface area contributed by atoms with Crippen LogP contribution in [0.25, 0.3) is 11.3 Å². The Morgan fingerprint density at radius 1 is 1.33 bits per heavy atom. The van der Waals surface area contributed by atoms with E-state index in [1.807, 2.05) is 30.1 Å². The number of anilines is 1. The summed E-state index contributed by atoms with van der Waals surface area (Å²) < 4.78 is 0. The second kappa shape index (κ2) is 3.80. The van der Waals surface area contributed by atoms with Gasteiger partial charge in [0.25, 0.3) is 5.69 Å². The van der Waals surface area contributed by atoms with Gasteiger partial charge in [-0.25, -0.2) is 0 Å². The van der Waals surface area contributed by atoms with Crippen molar-refractivity contribution in [3.8, 4) is 11.3 Å². The predicted molar refractivity (Wildman–Crippen MR) is 68.4 cm³/mol. The number of rotatable bonds is 1. The minimum atomic E-state index is -0.344. The molecule has 3 rings (SSSR count). The Kier molecular flexibility index (Phi) is 2.26. The van der Waals surface area contributed by atoms with Crippen molar-refractivity contribution in [1.29, 1.82) is 0 Å². The van der Waals surface area contributed by atoms with Crippen molar-refractivity contribution in [2.75, 3.05) is 11.9 Å². The molecular weight excluding hydrogens is 230 g/mol. The van der Waals surface area contributed by atoms with Crippen LogP contribution >= 0.6 is 0 Å². The van der Waals surface area contributed by atoms with Gasteiger partial charge in [0.05, 0.1) is 10.6 Å². The number of fused-ring (bicyclic) bond motifs is 3. The molecule has 1 aliphatic heterocycles. The molecule has 1 aromatic heterocycles. The Hall–Kier alpha value is -2.43. The molecule has 90 valence electrons. The van der Waals surface area contributed by atoms with Crippen LogP contribution < -0.4 is 4.90 Å². The zero-order valence-corrected chi connectivity index (χ0v) is 9.83. The number of pyridine rings is 1. The summed E-state index contributed by atoms with van der Waals surface area (Å²) in [6.45, 7) is 0.640. The molecule has 2 aromatic rings. The molecule has 5 heteroatoms. The standard InChI is InChI=1S/C13H11N3O2/c1-15-8-9-4-3-7-14-12(9)10-5-2-6-11(13(10)15)16(17)18/h2-7H,8H2,1H3. The van der Waals surface area contributed by atoms with E-state index in [4.69, 9.17) is 0 Å². The highest BCUT2D eigenvalue weighted by molar-refractivity contribution is 5.87. The van der Waals surface area contributed by atoms with Crippen LogP contribution in [0.4, 0.5) is 11.4 Å². The molecule has 1 aromatic carbocycles. The average molecular weight is 241 g/mol. The van der Waals surface area contributed by atoms with Crippen molar-refractivity contribution in [1.82, 2.24) is 4.98 Å². The fourth-order valence-electron chi connectivity index (χ4n) is 2.41. The van der Waals surface area contributed by atoms with E-state index in [1.165, 1.54) is 6.07 Å². The summed E-state index contributed by atoms with van der Waals surface area (Å²) in [6.07, 6.45) is 1.72. The van der Waals surface area contributed by atoms with E-state index in [1.54, 1.807) is 12.3 Å². The van der Waals surface area contributed by atoms with E-state index in [-0.39, 0.29) is 10.6 Å². The van der Waals surface area contributed by atoms with E-state index in [0.29, 0.717) is 12.2 Å². The van der Waals surface area contributed by atoms with Crippen molar-refractivity contribution in [2.24, 2.45) is 0 Å². The van der Waals surface area contributed by atoms with E-state index in [9.17, 15) is 10.1 Å². The maximum absolute atomic E-state index is 11.1. The molecule has 0 amide bonds. The number of nitro benzene ring substituents is 1.